The third-order valence-electron chi connectivity index (χ3n) is 4.59. The van der Waals surface area contributed by atoms with Crippen molar-refractivity contribution in [3.05, 3.63) is 47.1 Å². The predicted octanol–water partition coefficient (Wildman–Crippen LogP) is 4.41. The van der Waals surface area contributed by atoms with Crippen molar-refractivity contribution in [2.45, 2.75) is 65.0 Å². The molecule has 0 saturated carbocycles. The summed E-state index contributed by atoms with van der Waals surface area (Å²) in [5, 5.41) is 5.81. The quantitative estimate of drug-likeness (QED) is 0.492. The Morgan fingerprint density at radius 1 is 1.14 bits per heavy atom. The molecule has 0 bridgehead atoms. The van der Waals surface area contributed by atoms with Gasteiger partial charge in [0.05, 0.1) is 18.2 Å². The molecule has 188 valence electrons. The molecule has 1 unspecified atom stereocenters. The number of thiazole rings is 1. The normalized spacial score (nSPS) is 13.1. The van der Waals surface area contributed by atoms with Crippen LogP contribution >= 0.6 is 11.3 Å². The molecule has 0 radical (unpaired) electrons. The predicted molar refractivity (Wildman–Crippen MR) is 135 cm³/mol. The second kappa shape index (κ2) is 10.4. The van der Waals surface area contributed by atoms with E-state index in [2.05, 4.69) is 46.4 Å². The molecule has 0 saturated heterocycles. The first-order valence-electron chi connectivity index (χ1n) is 11.2. The second-order valence-electron chi connectivity index (χ2n) is 10.1. The van der Waals surface area contributed by atoms with Crippen molar-refractivity contribution >= 4 is 40.6 Å². The van der Waals surface area contributed by atoms with Crippen molar-refractivity contribution in [2.24, 2.45) is 7.05 Å². The Morgan fingerprint density at radius 3 is 2.49 bits per heavy atom. The van der Waals surface area contributed by atoms with Gasteiger partial charge >= 0.3 is 6.09 Å². The van der Waals surface area contributed by atoms with E-state index in [1.165, 1.54) is 11.3 Å². The largest absolute Gasteiger partial charge is 0.444 e. The molecule has 0 aromatic carbocycles. The van der Waals surface area contributed by atoms with Crippen LogP contribution in [0.2, 0.25) is 0 Å². The first kappa shape index (κ1) is 26.1. The lowest BCUT2D eigenvalue weighted by atomic mass is 9.94. The fourth-order valence-corrected chi connectivity index (χ4v) is 3.64. The zero-order chi connectivity index (χ0) is 25.8. The van der Waals surface area contributed by atoms with Crippen LogP contribution in [0.1, 0.15) is 63.8 Å². The maximum absolute atomic E-state index is 13.0. The van der Waals surface area contributed by atoms with E-state index in [1.807, 2.05) is 13.1 Å². The van der Waals surface area contributed by atoms with Crippen LogP contribution in [0.3, 0.4) is 0 Å². The van der Waals surface area contributed by atoms with Crippen LogP contribution in [0, 0.1) is 0 Å². The summed E-state index contributed by atoms with van der Waals surface area (Å²) in [6.07, 6.45) is 9.86. The maximum atomic E-state index is 13.0. The molecule has 0 aliphatic rings. The lowest BCUT2D eigenvalue weighted by Gasteiger charge is -2.22. The standard InChI is InChI=1S/C24H32N6O4S/c1-23(2,3)18-12-25-19(33-18)9-8-16-11-26-21(35-16)29-20(31)17(10-15-13-30(7)14-27-15)28-22(32)34-24(4,5)6/h8-9,11-14,17H,10H2,1-7H3,(H,28,32)(H,26,29,31)/b9-8+. The van der Waals surface area contributed by atoms with Crippen LogP contribution in [-0.4, -0.2) is 43.2 Å². The van der Waals surface area contributed by atoms with E-state index in [0.717, 1.165) is 10.6 Å². The highest BCUT2D eigenvalue weighted by Gasteiger charge is 2.26. The number of oxazole rings is 1. The van der Waals surface area contributed by atoms with Crippen molar-refractivity contribution < 1.29 is 18.7 Å². The van der Waals surface area contributed by atoms with Crippen molar-refractivity contribution in [3.8, 4) is 0 Å². The number of imidazole rings is 1. The van der Waals surface area contributed by atoms with E-state index in [0.29, 0.717) is 16.7 Å². The highest BCUT2D eigenvalue weighted by Crippen LogP contribution is 2.24. The number of hydrogen-bond acceptors (Lipinski definition) is 8. The molecule has 35 heavy (non-hydrogen) atoms. The summed E-state index contributed by atoms with van der Waals surface area (Å²) in [6, 6.07) is -0.897. The monoisotopic (exact) mass is 500 g/mol. The minimum atomic E-state index is -0.897. The van der Waals surface area contributed by atoms with E-state index in [4.69, 9.17) is 9.15 Å². The van der Waals surface area contributed by atoms with E-state index in [1.54, 1.807) is 56.3 Å². The summed E-state index contributed by atoms with van der Waals surface area (Å²) in [4.78, 5) is 38.9. The van der Waals surface area contributed by atoms with Crippen LogP contribution < -0.4 is 10.6 Å². The Morgan fingerprint density at radius 2 is 1.89 bits per heavy atom. The van der Waals surface area contributed by atoms with Crippen molar-refractivity contribution in [1.29, 1.82) is 0 Å². The van der Waals surface area contributed by atoms with Crippen molar-refractivity contribution in [3.63, 3.8) is 0 Å². The van der Waals surface area contributed by atoms with Gasteiger partial charge in [-0.3, -0.25) is 4.79 Å². The molecule has 10 nitrogen and oxygen atoms in total. The highest BCUT2D eigenvalue weighted by atomic mass is 32.1. The first-order chi connectivity index (χ1) is 16.3. The Balaban J connectivity index is 1.67. The first-order valence-corrected chi connectivity index (χ1v) is 12.0. The van der Waals surface area contributed by atoms with Crippen LogP contribution in [0.25, 0.3) is 12.2 Å². The lowest BCUT2D eigenvalue weighted by molar-refractivity contribution is -0.118. The van der Waals surface area contributed by atoms with Gasteiger partial charge in [-0.25, -0.2) is 19.7 Å². The minimum Gasteiger partial charge on any atom is -0.444 e. The van der Waals surface area contributed by atoms with Crippen molar-refractivity contribution in [1.82, 2.24) is 24.8 Å². The molecule has 0 fully saturated rings. The third-order valence-corrected chi connectivity index (χ3v) is 5.46. The van der Waals surface area contributed by atoms with Crippen LogP contribution in [0.15, 0.2) is 29.3 Å². The molecule has 2 N–H and O–H groups in total. The van der Waals surface area contributed by atoms with Gasteiger partial charge in [0.15, 0.2) is 5.13 Å². The van der Waals surface area contributed by atoms with Gasteiger partial charge in [-0.05, 0) is 26.8 Å². The lowest BCUT2D eigenvalue weighted by Crippen LogP contribution is -2.47. The Labute approximate surface area is 208 Å². The van der Waals surface area contributed by atoms with Gasteiger partial charge in [0.2, 0.25) is 11.8 Å². The van der Waals surface area contributed by atoms with Gasteiger partial charge < -0.3 is 24.4 Å². The minimum absolute atomic E-state index is 0.125. The number of hydrogen-bond donors (Lipinski definition) is 2. The molecule has 3 aromatic heterocycles. The summed E-state index contributed by atoms with van der Waals surface area (Å²) >= 11 is 1.29. The van der Waals surface area contributed by atoms with Crippen molar-refractivity contribution in [2.75, 3.05) is 5.32 Å². The number of carbonyl (C=O) groups is 2. The Bertz CT molecular complexity index is 1200. The molecular weight excluding hydrogens is 468 g/mol. The number of aryl methyl sites for hydroxylation is 1. The average molecular weight is 501 g/mol. The molecule has 2 amide bonds. The van der Waals surface area contributed by atoms with Gasteiger partial charge in [0.1, 0.15) is 17.4 Å². The zero-order valence-corrected chi connectivity index (χ0v) is 21.9. The molecule has 0 aliphatic heterocycles. The number of ether oxygens (including phenoxy) is 1. The number of alkyl carbamates (subject to hydrolysis) is 1. The van der Waals surface area contributed by atoms with Crippen LogP contribution in [0.4, 0.5) is 9.93 Å². The second-order valence-corrected chi connectivity index (χ2v) is 11.2. The van der Waals surface area contributed by atoms with E-state index in [9.17, 15) is 9.59 Å². The third kappa shape index (κ3) is 8.06. The molecule has 11 heteroatoms. The van der Waals surface area contributed by atoms with Gasteiger partial charge in [-0.2, -0.15) is 0 Å². The fraction of sp³-hybridized carbons (Fsp3) is 0.458. The summed E-state index contributed by atoms with van der Waals surface area (Å²) in [5.41, 5.74) is -0.157. The zero-order valence-electron chi connectivity index (χ0n) is 21.1. The molecule has 1 atom stereocenters. The maximum Gasteiger partial charge on any atom is 0.408 e. The molecule has 3 rings (SSSR count). The smallest absolute Gasteiger partial charge is 0.408 e. The number of amides is 2. The SMILES string of the molecule is Cn1cnc(CC(NC(=O)OC(C)(C)C)C(=O)Nc2ncc(/C=C/c3ncc(C(C)(C)C)o3)s2)c1. The molecular formula is C24H32N6O4S. The molecule has 3 aromatic rings. The van der Waals surface area contributed by atoms with Crippen LogP contribution in [0.5, 0.6) is 0 Å². The summed E-state index contributed by atoms with van der Waals surface area (Å²) in [5.74, 6) is 0.866. The Kier molecular flexibility index (Phi) is 7.79. The van der Waals surface area contributed by atoms with E-state index < -0.39 is 23.6 Å². The van der Waals surface area contributed by atoms with E-state index >= 15 is 0 Å². The number of rotatable bonds is 7. The number of anilines is 1. The average Bonchev–Trinajstić information content (AvgIpc) is 3.45. The van der Waals surface area contributed by atoms with Gasteiger partial charge in [-0.1, -0.05) is 32.1 Å². The Hall–Kier alpha value is -3.47. The summed E-state index contributed by atoms with van der Waals surface area (Å²) in [6.45, 7) is 11.4. The number of nitrogens with one attached hydrogen (secondary N) is 2. The van der Waals surface area contributed by atoms with Gasteiger partial charge in [0, 0.05) is 42.2 Å². The number of nitrogens with zero attached hydrogens (tertiary/aromatic N) is 4. The number of aromatic nitrogens is 4. The fourth-order valence-electron chi connectivity index (χ4n) is 2.92. The van der Waals surface area contributed by atoms with Gasteiger partial charge in [-0.15, -0.1) is 0 Å². The van der Waals surface area contributed by atoms with Gasteiger partial charge in [0.25, 0.3) is 0 Å². The molecule has 0 spiro atoms. The molecule has 0 aliphatic carbocycles. The topological polar surface area (TPSA) is 124 Å². The summed E-state index contributed by atoms with van der Waals surface area (Å²) < 4.78 is 12.9. The number of carbonyl (C=O) groups excluding carboxylic acids is 2. The van der Waals surface area contributed by atoms with E-state index in [-0.39, 0.29) is 11.8 Å². The van der Waals surface area contributed by atoms with Crippen LogP contribution in [-0.2, 0) is 28.4 Å². The molecule has 3 heterocycles. The summed E-state index contributed by atoms with van der Waals surface area (Å²) in [7, 11) is 1.83. The highest BCUT2D eigenvalue weighted by molar-refractivity contribution is 7.16.